The van der Waals surface area contributed by atoms with E-state index < -0.39 is 0 Å². The highest BCUT2D eigenvalue weighted by atomic mass is 32.2. The fourth-order valence-corrected chi connectivity index (χ4v) is 2.88. The lowest BCUT2D eigenvalue weighted by atomic mass is 10.1. The second-order valence-corrected chi connectivity index (χ2v) is 6.10. The summed E-state index contributed by atoms with van der Waals surface area (Å²) >= 11 is 1.38. The number of carbonyl (C=O) groups excluding carboxylic acids is 1. The van der Waals surface area contributed by atoms with Crippen LogP contribution >= 0.6 is 11.8 Å². The zero-order valence-electron chi connectivity index (χ0n) is 13.0. The smallest absolute Gasteiger partial charge is 0.230 e. The van der Waals surface area contributed by atoms with Crippen molar-refractivity contribution in [3.63, 3.8) is 0 Å². The average Bonchev–Trinajstić information content (AvgIpc) is 2.50. The Kier molecular flexibility index (Phi) is 6.40. The van der Waals surface area contributed by atoms with Crippen molar-refractivity contribution in [2.75, 3.05) is 12.3 Å². The van der Waals surface area contributed by atoms with Crippen LogP contribution in [0.5, 0.6) is 0 Å². The molecule has 1 N–H and O–H groups in total. The molecule has 0 aliphatic rings. The lowest BCUT2D eigenvalue weighted by Crippen LogP contribution is -2.26. The van der Waals surface area contributed by atoms with Gasteiger partial charge in [0.25, 0.3) is 0 Å². The average molecular weight is 315 g/mol. The summed E-state index contributed by atoms with van der Waals surface area (Å²) in [6.45, 7) is 4.56. The first kappa shape index (κ1) is 16.5. The van der Waals surface area contributed by atoms with E-state index in [9.17, 15) is 4.79 Å². The summed E-state index contributed by atoms with van der Waals surface area (Å²) in [5.74, 6) is 0.384. The molecule has 1 heterocycles. The SMILES string of the molecule is Cc1cc(C)nc(SCC(=O)NCCCc2ccccc2)n1. The summed E-state index contributed by atoms with van der Waals surface area (Å²) in [5, 5.41) is 3.60. The van der Waals surface area contributed by atoms with E-state index in [0.717, 1.165) is 24.2 Å². The number of thioether (sulfide) groups is 1. The van der Waals surface area contributed by atoms with Gasteiger partial charge in [0.15, 0.2) is 5.16 Å². The van der Waals surface area contributed by atoms with Crippen molar-refractivity contribution in [3.8, 4) is 0 Å². The van der Waals surface area contributed by atoms with Crippen LogP contribution in [0.15, 0.2) is 41.6 Å². The van der Waals surface area contributed by atoms with Gasteiger partial charge in [-0.25, -0.2) is 9.97 Å². The summed E-state index contributed by atoms with van der Waals surface area (Å²) in [6, 6.07) is 12.2. The van der Waals surface area contributed by atoms with E-state index in [1.54, 1.807) is 0 Å². The molecule has 2 rings (SSSR count). The molecule has 0 aliphatic carbocycles. The van der Waals surface area contributed by atoms with Crippen molar-refractivity contribution in [2.24, 2.45) is 0 Å². The minimum Gasteiger partial charge on any atom is -0.355 e. The van der Waals surface area contributed by atoms with Gasteiger partial charge in [0, 0.05) is 17.9 Å². The molecule has 0 fully saturated rings. The Morgan fingerprint density at radius 3 is 2.50 bits per heavy atom. The molecule has 22 heavy (non-hydrogen) atoms. The Morgan fingerprint density at radius 2 is 1.82 bits per heavy atom. The Hall–Kier alpha value is -1.88. The third-order valence-corrected chi connectivity index (χ3v) is 3.95. The summed E-state index contributed by atoms with van der Waals surface area (Å²) < 4.78 is 0. The number of aromatic nitrogens is 2. The zero-order chi connectivity index (χ0) is 15.8. The molecule has 0 unspecified atom stereocenters. The molecule has 0 radical (unpaired) electrons. The van der Waals surface area contributed by atoms with E-state index in [4.69, 9.17) is 0 Å². The molecule has 1 aromatic carbocycles. The van der Waals surface area contributed by atoms with Gasteiger partial charge in [-0.15, -0.1) is 0 Å². The van der Waals surface area contributed by atoms with Crippen LogP contribution in [-0.4, -0.2) is 28.2 Å². The number of hydrogen-bond donors (Lipinski definition) is 1. The maximum absolute atomic E-state index is 11.8. The van der Waals surface area contributed by atoms with Gasteiger partial charge >= 0.3 is 0 Å². The van der Waals surface area contributed by atoms with E-state index >= 15 is 0 Å². The number of hydrogen-bond acceptors (Lipinski definition) is 4. The topological polar surface area (TPSA) is 54.9 Å². The molecule has 116 valence electrons. The monoisotopic (exact) mass is 315 g/mol. The highest BCUT2D eigenvalue weighted by Crippen LogP contribution is 2.13. The second-order valence-electron chi connectivity index (χ2n) is 5.16. The van der Waals surface area contributed by atoms with E-state index in [-0.39, 0.29) is 5.91 Å². The van der Waals surface area contributed by atoms with Crippen LogP contribution in [0.25, 0.3) is 0 Å². The van der Waals surface area contributed by atoms with Crippen LogP contribution in [-0.2, 0) is 11.2 Å². The van der Waals surface area contributed by atoms with Crippen molar-refractivity contribution >= 4 is 17.7 Å². The molecule has 1 aromatic heterocycles. The van der Waals surface area contributed by atoms with E-state index in [1.807, 2.05) is 38.1 Å². The number of rotatable bonds is 7. The molecule has 4 nitrogen and oxygen atoms in total. The van der Waals surface area contributed by atoms with Crippen molar-refractivity contribution in [1.82, 2.24) is 15.3 Å². The number of benzene rings is 1. The third kappa shape index (κ3) is 5.85. The van der Waals surface area contributed by atoms with Crippen LogP contribution in [0, 0.1) is 13.8 Å². The van der Waals surface area contributed by atoms with Crippen molar-refractivity contribution in [3.05, 3.63) is 53.3 Å². The van der Waals surface area contributed by atoms with E-state index in [2.05, 4.69) is 27.4 Å². The molecule has 5 heteroatoms. The summed E-state index contributed by atoms with van der Waals surface area (Å²) in [5.41, 5.74) is 3.16. The van der Waals surface area contributed by atoms with Gasteiger partial charge in [0.1, 0.15) is 0 Å². The number of amides is 1. The first-order valence-electron chi connectivity index (χ1n) is 7.39. The van der Waals surface area contributed by atoms with Crippen molar-refractivity contribution < 1.29 is 4.79 Å². The van der Waals surface area contributed by atoms with Gasteiger partial charge in [0.05, 0.1) is 5.75 Å². The lowest BCUT2D eigenvalue weighted by Gasteiger charge is -2.06. The highest BCUT2D eigenvalue weighted by Gasteiger charge is 2.05. The minimum absolute atomic E-state index is 0.0285. The zero-order valence-corrected chi connectivity index (χ0v) is 13.8. The Bertz CT molecular complexity index is 596. The quantitative estimate of drug-likeness (QED) is 0.485. The van der Waals surface area contributed by atoms with Gasteiger partial charge < -0.3 is 5.32 Å². The van der Waals surface area contributed by atoms with E-state index in [0.29, 0.717) is 17.5 Å². The maximum Gasteiger partial charge on any atom is 0.230 e. The molecule has 0 bridgehead atoms. The molecular formula is C17H21N3OS. The first-order chi connectivity index (χ1) is 10.6. The van der Waals surface area contributed by atoms with Crippen molar-refractivity contribution in [1.29, 1.82) is 0 Å². The molecule has 0 atom stereocenters. The standard InChI is InChI=1S/C17H21N3OS/c1-13-11-14(2)20-17(19-13)22-12-16(21)18-10-6-9-15-7-4-3-5-8-15/h3-5,7-8,11H,6,9-10,12H2,1-2H3,(H,18,21). The maximum atomic E-state index is 11.8. The molecule has 2 aromatic rings. The third-order valence-electron chi connectivity index (χ3n) is 3.10. The van der Waals surface area contributed by atoms with Crippen LogP contribution in [0.1, 0.15) is 23.4 Å². The highest BCUT2D eigenvalue weighted by molar-refractivity contribution is 7.99. The largest absolute Gasteiger partial charge is 0.355 e. The summed E-state index contributed by atoms with van der Waals surface area (Å²) in [6.07, 6.45) is 1.93. The summed E-state index contributed by atoms with van der Waals surface area (Å²) in [7, 11) is 0. The predicted octanol–water partition coefficient (Wildman–Crippen LogP) is 2.93. The number of nitrogens with one attached hydrogen (secondary N) is 1. The van der Waals surface area contributed by atoms with Gasteiger partial charge in [-0.05, 0) is 38.3 Å². The fraction of sp³-hybridized carbons (Fsp3) is 0.353. The lowest BCUT2D eigenvalue weighted by molar-refractivity contribution is -0.118. The van der Waals surface area contributed by atoms with Crippen LogP contribution < -0.4 is 5.32 Å². The van der Waals surface area contributed by atoms with Gasteiger partial charge in [-0.3, -0.25) is 4.79 Å². The molecule has 0 aliphatic heterocycles. The Morgan fingerprint density at radius 1 is 1.14 bits per heavy atom. The molecule has 0 spiro atoms. The van der Waals surface area contributed by atoms with Crippen LogP contribution in [0.3, 0.4) is 0 Å². The van der Waals surface area contributed by atoms with Crippen LogP contribution in [0.2, 0.25) is 0 Å². The second kappa shape index (κ2) is 8.54. The normalized spacial score (nSPS) is 10.5. The molecule has 0 saturated heterocycles. The molecule has 1 amide bonds. The Balaban J connectivity index is 1.65. The van der Waals surface area contributed by atoms with Crippen LogP contribution in [0.4, 0.5) is 0 Å². The van der Waals surface area contributed by atoms with Gasteiger partial charge in [0.2, 0.25) is 5.91 Å². The minimum atomic E-state index is 0.0285. The number of carbonyl (C=O) groups is 1. The first-order valence-corrected chi connectivity index (χ1v) is 8.38. The Labute approximate surface area is 135 Å². The predicted molar refractivity (Wildman–Crippen MR) is 90.0 cm³/mol. The fourth-order valence-electron chi connectivity index (χ4n) is 2.10. The van der Waals surface area contributed by atoms with E-state index in [1.165, 1.54) is 17.3 Å². The van der Waals surface area contributed by atoms with Gasteiger partial charge in [-0.1, -0.05) is 42.1 Å². The molecular weight excluding hydrogens is 294 g/mol. The van der Waals surface area contributed by atoms with Crippen molar-refractivity contribution in [2.45, 2.75) is 31.8 Å². The summed E-state index contributed by atoms with van der Waals surface area (Å²) in [4.78, 5) is 20.4. The molecule has 0 saturated carbocycles. The number of nitrogens with zero attached hydrogens (tertiary/aromatic N) is 2. The van der Waals surface area contributed by atoms with Gasteiger partial charge in [-0.2, -0.15) is 0 Å². The number of aryl methyl sites for hydroxylation is 3.